The van der Waals surface area contributed by atoms with Gasteiger partial charge in [0.15, 0.2) is 0 Å². The first-order valence-electron chi connectivity index (χ1n) is 7.63. The summed E-state index contributed by atoms with van der Waals surface area (Å²) in [5.74, 6) is 0.648. The minimum absolute atomic E-state index is 0.207. The molecule has 0 bridgehead atoms. The Labute approximate surface area is 115 Å². The van der Waals surface area contributed by atoms with Crippen molar-refractivity contribution in [3.8, 4) is 0 Å². The van der Waals surface area contributed by atoms with Crippen LogP contribution >= 0.6 is 0 Å². The third kappa shape index (κ3) is 3.48. The summed E-state index contributed by atoms with van der Waals surface area (Å²) in [7, 11) is 0. The van der Waals surface area contributed by atoms with E-state index in [1.54, 1.807) is 0 Å². The molecule has 0 spiro atoms. The van der Waals surface area contributed by atoms with E-state index in [2.05, 4.69) is 19.2 Å². The number of carboxylic acid groups (broad SMARTS) is 1. The van der Waals surface area contributed by atoms with Gasteiger partial charge in [-0.2, -0.15) is 0 Å². The molecule has 2 rings (SSSR count). The smallest absolute Gasteiger partial charge is 0.323 e. The van der Waals surface area contributed by atoms with Crippen LogP contribution in [0.25, 0.3) is 0 Å². The van der Waals surface area contributed by atoms with Gasteiger partial charge in [-0.25, -0.2) is 0 Å². The molecular weight excluding hydrogens is 242 g/mol. The second-order valence-corrected chi connectivity index (χ2v) is 6.48. The van der Waals surface area contributed by atoms with Gasteiger partial charge in [0.25, 0.3) is 0 Å². The topological polar surface area (TPSA) is 58.6 Å². The zero-order chi connectivity index (χ0) is 13.9. The lowest BCUT2D eigenvalue weighted by Gasteiger charge is -2.39. The molecule has 2 aliphatic rings. The van der Waals surface area contributed by atoms with Crippen LogP contribution in [0, 0.1) is 11.8 Å². The maximum atomic E-state index is 11.7. The summed E-state index contributed by atoms with van der Waals surface area (Å²) in [6.45, 7) is 5.97. The van der Waals surface area contributed by atoms with Gasteiger partial charge < -0.3 is 9.84 Å². The minimum Gasteiger partial charge on any atom is -0.480 e. The van der Waals surface area contributed by atoms with Crippen molar-refractivity contribution >= 4 is 5.97 Å². The molecule has 0 radical (unpaired) electrons. The van der Waals surface area contributed by atoms with E-state index in [1.165, 1.54) is 0 Å². The predicted molar refractivity (Wildman–Crippen MR) is 74.1 cm³/mol. The van der Waals surface area contributed by atoms with E-state index in [1.807, 2.05) is 0 Å². The maximum Gasteiger partial charge on any atom is 0.323 e. The van der Waals surface area contributed by atoms with Crippen LogP contribution in [-0.4, -0.2) is 35.9 Å². The summed E-state index contributed by atoms with van der Waals surface area (Å²) in [6.07, 6.45) is 5.89. The fourth-order valence-corrected chi connectivity index (χ4v) is 3.38. The van der Waals surface area contributed by atoms with Crippen molar-refractivity contribution in [2.75, 3.05) is 13.2 Å². The number of hydrogen-bond acceptors (Lipinski definition) is 3. The molecular formula is C15H27NO3. The SMILES string of the molecule is CC(C)C1CCC(NCC2CCCO2)(C(=O)O)CC1. The Kier molecular flexibility index (Phi) is 4.85. The Hall–Kier alpha value is -0.610. The highest BCUT2D eigenvalue weighted by atomic mass is 16.5. The van der Waals surface area contributed by atoms with Gasteiger partial charge in [-0.05, 0) is 50.4 Å². The van der Waals surface area contributed by atoms with Crippen LogP contribution in [0.15, 0.2) is 0 Å². The minimum atomic E-state index is -0.711. The second-order valence-electron chi connectivity index (χ2n) is 6.48. The van der Waals surface area contributed by atoms with Crippen LogP contribution in [0.1, 0.15) is 52.4 Å². The molecule has 1 saturated carbocycles. The van der Waals surface area contributed by atoms with Crippen LogP contribution in [-0.2, 0) is 9.53 Å². The molecule has 19 heavy (non-hydrogen) atoms. The van der Waals surface area contributed by atoms with Crippen LogP contribution in [0.2, 0.25) is 0 Å². The van der Waals surface area contributed by atoms with Gasteiger partial charge in [-0.1, -0.05) is 13.8 Å². The van der Waals surface area contributed by atoms with Crippen LogP contribution in [0.5, 0.6) is 0 Å². The molecule has 0 amide bonds. The molecule has 0 aromatic carbocycles. The number of rotatable bonds is 5. The van der Waals surface area contributed by atoms with E-state index in [0.29, 0.717) is 18.4 Å². The third-order valence-corrected chi connectivity index (χ3v) is 4.93. The number of ether oxygens (including phenoxy) is 1. The molecule has 0 aromatic heterocycles. The van der Waals surface area contributed by atoms with E-state index >= 15 is 0 Å². The second kappa shape index (κ2) is 6.23. The maximum absolute atomic E-state index is 11.7. The Morgan fingerprint density at radius 1 is 1.37 bits per heavy atom. The molecule has 0 aromatic rings. The highest BCUT2D eigenvalue weighted by Gasteiger charge is 2.42. The summed E-state index contributed by atoms with van der Waals surface area (Å²) in [5.41, 5.74) is -0.711. The van der Waals surface area contributed by atoms with Crippen molar-refractivity contribution in [1.82, 2.24) is 5.32 Å². The molecule has 4 heteroatoms. The van der Waals surface area contributed by atoms with E-state index in [9.17, 15) is 9.90 Å². The molecule has 2 fully saturated rings. The molecule has 2 N–H and O–H groups in total. The molecule has 1 aliphatic carbocycles. The molecule has 1 aliphatic heterocycles. The number of carboxylic acids is 1. The van der Waals surface area contributed by atoms with E-state index < -0.39 is 11.5 Å². The van der Waals surface area contributed by atoms with Gasteiger partial charge in [0.2, 0.25) is 0 Å². The van der Waals surface area contributed by atoms with Crippen LogP contribution < -0.4 is 5.32 Å². The van der Waals surface area contributed by atoms with Crippen molar-refractivity contribution in [2.24, 2.45) is 11.8 Å². The number of carbonyl (C=O) groups is 1. The highest BCUT2D eigenvalue weighted by Crippen LogP contribution is 2.36. The Balaban J connectivity index is 1.89. The quantitative estimate of drug-likeness (QED) is 0.805. The van der Waals surface area contributed by atoms with Crippen molar-refractivity contribution in [3.63, 3.8) is 0 Å². The zero-order valence-electron chi connectivity index (χ0n) is 12.2. The lowest BCUT2D eigenvalue weighted by Crippen LogP contribution is -2.56. The van der Waals surface area contributed by atoms with Gasteiger partial charge in [-0.15, -0.1) is 0 Å². The van der Waals surface area contributed by atoms with Gasteiger partial charge in [0, 0.05) is 13.2 Å². The summed E-state index contributed by atoms with van der Waals surface area (Å²) in [4.78, 5) is 11.7. The van der Waals surface area contributed by atoms with Crippen LogP contribution in [0.4, 0.5) is 0 Å². The largest absolute Gasteiger partial charge is 0.480 e. The zero-order valence-corrected chi connectivity index (χ0v) is 12.2. The first kappa shape index (κ1) is 14.8. The van der Waals surface area contributed by atoms with Gasteiger partial charge in [-0.3, -0.25) is 10.1 Å². The monoisotopic (exact) mass is 269 g/mol. The summed E-state index contributed by atoms with van der Waals surface area (Å²) in [6, 6.07) is 0. The number of aliphatic carboxylic acids is 1. The molecule has 1 unspecified atom stereocenters. The lowest BCUT2D eigenvalue weighted by molar-refractivity contribution is -0.147. The number of hydrogen-bond donors (Lipinski definition) is 2. The van der Waals surface area contributed by atoms with Crippen LogP contribution in [0.3, 0.4) is 0 Å². The molecule has 1 atom stereocenters. The normalized spacial score (nSPS) is 35.7. The fraction of sp³-hybridized carbons (Fsp3) is 0.933. The van der Waals surface area contributed by atoms with Crippen molar-refractivity contribution in [2.45, 2.75) is 64.0 Å². The Morgan fingerprint density at radius 2 is 2.05 bits per heavy atom. The van der Waals surface area contributed by atoms with Gasteiger partial charge in [0.1, 0.15) is 5.54 Å². The van der Waals surface area contributed by atoms with E-state index in [4.69, 9.17) is 4.74 Å². The van der Waals surface area contributed by atoms with Gasteiger partial charge in [0.05, 0.1) is 6.10 Å². The first-order chi connectivity index (χ1) is 9.03. The van der Waals surface area contributed by atoms with Crippen molar-refractivity contribution in [1.29, 1.82) is 0 Å². The van der Waals surface area contributed by atoms with Crippen molar-refractivity contribution < 1.29 is 14.6 Å². The molecule has 1 saturated heterocycles. The first-order valence-corrected chi connectivity index (χ1v) is 7.63. The van der Waals surface area contributed by atoms with Gasteiger partial charge >= 0.3 is 5.97 Å². The summed E-state index contributed by atoms with van der Waals surface area (Å²) in [5, 5.41) is 12.9. The van der Waals surface area contributed by atoms with E-state index in [0.717, 1.165) is 45.1 Å². The highest BCUT2D eigenvalue weighted by molar-refractivity contribution is 5.78. The fourth-order valence-electron chi connectivity index (χ4n) is 3.38. The third-order valence-electron chi connectivity index (χ3n) is 4.93. The standard InChI is InChI=1S/C15H27NO3/c1-11(2)12-5-7-15(8-6-12,14(17)18)16-10-13-4-3-9-19-13/h11-13,16H,3-10H2,1-2H3,(H,17,18). The Morgan fingerprint density at radius 3 is 2.53 bits per heavy atom. The van der Waals surface area contributed by atoms with E-state index in [-0.39, 0.29) is 6.10 Å². The lowest BCUT2D eigenvalue weighted by atomic mass is 9.72. The predicted octanol–water partition coefficient (Wildman–Crippen LogP) is 2.42. The summed E-state index contributed by atoms with van der Waals surface area (Å²) >= 11 is 0. The average Bonchev–Trinajstić information content (AvgIpc) is 2.89. The molecule has 4 nitrogen and oxygen atoms in total. The average molecular weight is 269 g/mol. The Bertz CT molecular complexity index is 303. The number of nitrogens with one attached hydrogen (secondary N) is 1. The summed E-state index contributed by atoms with van der Waals surface area (Å²) < 4.78 is 5.57. The molecule has 110 valence electrons. The molecule has 1 heterocycles. The van der Waals surface area contributed by atoms with Crippen molar-refractivity contribution in [3.05, 3.63) is 0 Å².